The Labute approximate surface area is 209 Å². The molecule has 0 radical (unpaired) electrons. The molecule has 1 fully saturated rings. The predicted octanol–water partition coefficient (Wildman–Crippen LogP) is 4.79. The standard InChI is InChI=1S/C28H28N6O2/c1-18(2)27(35)32-22-12-10-19(11-13-22)23-16-34-25(26(29)30-17-31-34)24(23)20-6-8-21(9-7-20)28(36)33-14-4-3-5-15-33/h6-13,16-17H,1,3-5,14-15H2,2H3,(H,32,35)(H2,29,30,31). The largest absolute Gasteiger partial charge is 0.382 e. The molecule has 2 amide bonds. The fraction of sp³-hybridized carbons (Fsp3) is 0.214. The third-order valence-corrected chi connectivity index (χ3v) is 6.51. The zero-order valence-electron chi connectivity index (χ0n) is 20.2. The van der Waals surface area contributed by atoms with Crippen molar-refractivity contribution in [3.05, 3.63) is 78.8 Å². The molecule has 182 valence electrons. The summed E-state index contributed by atoms with van der Waals surface area (Å²) in [6.07, 6.45) is 6.62. The van der Waals surface area contributed by atoms with Gasteiger partial charge >= 0.3 is 0 Å². The molecule has 3 N–H and O–H groups in total. The molecular weight excluding hydrogens is 452 g/mol. The van der Waals surface area contributed by atoms with Crippen LogP contribution in [0.1, 0.15) is 36.5 Å². The van der Waals surface area contributed by atoms with Crippen molar-refractivity contribution in [2.75, 3.05) is 24.1 Å². The van der Waals surface area contributed by atoms with Crippen LogP contribution in [0.15, 0.2) is 73.2 Å². The molecule has 3 heterocycles. The molecule has 1 saturated heterocycles. The number of carbonyl (C=O) groups excluding carboxylic acids is 2. The molecule has 2 aromatic heterocycles. The molecule has 5 rings (SSSR count). The lowest BCUT2D eigenvalue weighted by Gasteiger charge is -2.26. The van der Waals surface area contributed by atoms with Crippen molar-refractivity contribution in [2.24, 2.45) is 0 Å². The van der Waals surface area contributed by atoms with Crippen LogP contribution in [-0.2, 0) is 4.79 Å². The minimum Gasteiger partial charge on any atom is -0.382 e. The van der Waals surface area contributed by atoms with Gasteiger partial charge in [-0.25, -0.2) is 9.50 Å². The van der Waals surface area contributed by atoms with Crippen LogP contribution in [0.25, 0.3) is 27.8 Å². The highest BCUT2D eigenvalue weighted by molar-refractivity contribution is 6.03. The number of carbonyl (C=O) groups is 2. The SMILES string of the molecule is C=C(C)C(=O)Nc1ccc(-c2cn3ncnc(N)c3c2-c2ccc(C(=O)N3CCCCC3)cc2)cc1. The summed E-state index contributed by atoms with van der Waals surface area (Å²) >= 11 is 0. The summed E-state index contributed by atoms with van der Waals surface area (Å²) in [7, 11) is 0. The molecule has 8 heteroatoms. The van der Waals surface area contributed by atoms with Gasteiger partial charge in [0.05, 0.1) is 0 Å². The van der Waals surface area contributed by atoms with E-state index in [1.807, 2.05) is 59.6 Å². The van der Waals surface area contributed by atoms with Crippen LogP contribution in [0.3, 0.4) is 0 Å². The van der Waals surface area contributed by atoms with Crippen molar-refractivity contribution >= 4 is 28.8 Å². The zero-order chi connectivity index (χ0) is 25.2. The highest BCUT2D eigenvalue weighted by Crippen LogP contribution is 2.39. The summed E-state index contributed by atoms with van der Waals surface area (Å²) < 4.78 is 1.72. The van der Waals surface area contributed by atoms with E-state index in [0.29, 0.717) is 28.2 Å². The zero-order valence-corrected chi connectivity index (χ0v) is 20.2. The van der Waals surface area contributed by atoms with Crippen LogP contribution < -0.4 is 11.1 Å². The van der Waals surface area contributed by atoms with Crippen molar-refractivity contribution < 1.29 is 9.59 Å². The maximum atomic E-state index is 12.9. The van der Waals surface area contributed by atoms with Gasteiger partial charge in [-0.15, -0.1) is 0 Å². The van der Waals surface area contributed by atoms with Gasteiger partial charge in [0.1, 0.15) is 11.8 Å². The summed E-state index contributed by atoms with van der Waals surface area (Å²) in [6, 6.07) is 15.2. The number of hydrogen-bond donors (Lipinski definition) is 2. The van der Waals surface area contributed by atoms with Gasteiger partial charge in [-0.2, -0.15) is 5.10 Å². The molecular formula is C28H28N6O2. The average molecular weight is 481 g/mol. The number of rotatable bonds is 5. The minimum atomic E-state index is -0.222. The van der Waals surface area contributed by atoms with Crippen LogP contribution in [0.4, 0.5) is 11.5 Å². The molecule has 0 aliphatic carbocycles. The van der Waals surface area contributed by atoms with E-state index in [1.54, 1.807) is 11.4 Å². The molecule has 4 aromatic rings. The van der Waals surface area contributed by atoms with Gasteiger partial charge in [0.15, 0.2) is 5.82 Å². The van der Waals surface area contributed by atoms with Gasteiger partial charge in [-0.05, 0) is 61.6 Å². The van der Waals surface area contributed by atoms with Crippen molar-refractivity contribution in [3.63, 3.8) is 0 Å². The number of hydrogen-bond acceptors (Lipinski definition) is 5. The van der Waals surface area contributed by atoms with Gasteiger partial charge < -0.3 is 16.0 Å². The Morgan fingerprint density at radius 2 is 1.64 bits per heavy atom. The number of nitrogens with zero attached hydrogens (tertiary/aromatic N) is 4. The number of anilines is 2. The van der Waals surface area contributed by atoms with Gasteiger partial charge in [0.2, 0.25) is 0 Å². The second-order valence-corrected chi connectivity index (χ2v) is 9.10. The fourth-order valence-electron chi connectivity index (χ4n) is 4.58. The summed E-state index contributed by atoms with van der Waals surface area (Å²) in [4.78, 5) is 31.0. The van der Waals surface area contributed by atoms with E-state index in [9.17, 15) is 9.59 Å². The molecule has 1 aliphatic rings. The number of likely N-dealkylation sites (tertiary alicyclic amines) is 1. The van der Waals surface area contributed by atoms with E-state index in [4.69, 9.17) is 5.73 Å². The number of aromatic nitrogens is 3. The van der Waals surface area contributed by atoms with Gasteiger partial charge in [0.25, 0.3) is 11.8 Å². The third kappa shape index (κ3) is 4.45. The van der Waals surface area contributed by atoms with E-state index in [0.717, 1.165) is 48.2 Å². The van der Waals surface area contributed by atoms with Gasteiger partial charge in [-0.1, -0.05) is 30.8 Å². The van der Waals surface area contributed by atoms with Crippen LogP contribution >= 0.6 is 0 Å². The molecule has 0 bridgehead atoms. The van der Waals surface area contributed by atoms with Crippen LogP contribution in [0, 0.1) is 0 Å². The average Bonchev–Trinajstić information content (AvgIpc) is 3.30. The summed E-state index contributed by atoms with van der Waals surface area (Å²) in [6.45, 7) is 6.96. The Bertz CT molecular complexity index is 1450. The Balaban J connectivity index is 1.53. The summed E-state index contributed by atoms with van der Waals surface area (Å²) in [5, 5.41) is 7.18. The number of amides is 2. The van der Waals surface area contributed by atoms with Crippen LogP contribution in [-0.4, -0.2) is 44.4 Å². The Morgan fingerprint density at radius 1 is 0.972 bits per heavy atom. The molecule has 1 aliphatic heterocycles. The minimum absolute atomic E-state index is 0.0680. The first-order chi connectivity index (χ1) is 17.4. The van der Waals surface area contributed by atoms with E-state index >= 15 is 0 Å². The molecule has 0 unspecified atom stereocenters. The first-order valence-corrected chi connectivity index (χ1v) is 12.0. The third-order valence-electron chi connectivity index (χ3n) is 6.51. The van der Waals surface area contributed by atoms with E-state index < -0.39 is 0 Å². The van der Waals surface area contributed by atoms with Crippen molar-refractivity contribution in [3.8, 4) is 22.3 Å². The van der Waals surface area contributed by atoms with E-state index in [2.05, 4.69) is 22.0 Å². The second kappa shape index (κ2) is 9.65. The molecule has 0 saturated carbocycles. The maximum Gasteiger partial charge on any atom is 0.253 e. The Hall–Kier alpha value is -4.46. The van der Waals surface area contributed by atoms with Crippen molar-refractivity contribution in [1.29, 1.82) is 0 Å². The number of piperidine rings is 1. The van der Waals surface area contributed by atoms with Gasteiger partial charge in [0, 0.05) is 47.2 Å². The number of nitrogens with one attached hydrogen (secondary N) is 1. The molecule has 36 heavy (non-hydrogen) atoms. The molecule has 2 aromatic carbocycles. The van der Waals surface area contributed by atoms with Crippen LogP contribution in [0.2, 0.25) is 0 Å². The first kappa shape index (κ1) is 23.3. The quantitative estimate of drug-likeness (QED) is 0.400. The number of nitrogens with two attached hydrogens (primary N) is 1. The normalized spacial score (nSPS) is 13.5. The highest BCUT2D eigenvalue weighted by Gasteiger charge is 2.21. The molecule has 0 atom stereocenters. The second-order valence-electron chi connectivity index (χ2n) is 9.10. The van der Waals surface area contributed by atoms with Crippen LogP contribution in [0.5, 0.6) is 0 Å². The summed E-state index contributed by atoms with van der Waals surface area (Å²) in [5.74, 6) is 0.212. The van der Waals surface area contributed by atoms with Crippen molar-refractivity contribution in [1.82, 2.24) is 19.5 Å². The first-order valence-electron chi connectivity index (χ1n) is 12.0. The Morgan fingerprint density at radius 3 is 2.31 bits per heavy atom. The smallest absolute Gasteiger partial charge is 0.253 e. The topological polar surface area (TPSA) is 106 Å². The van der Waals surface area contributed by atoms with Crippen molar-refractivity contribution in [2.45, 2.75) is 26.2 Å². The number of benzene rings is 2. The highest BCUT2D eigenvalue weighted by atomic mass is 16.2. The van der Waals surface area contributed by atoms with E-state index in [1.165, 1.54) is 12.7 Å². The lowest BCUT2D eigenvalue weighted by atomic mass is 9.96. The Kier molecular flexibility index (Phi) is 6.25. The fourth-order valence-corrected chi connectivity index (χ4v) is 4.58. The predicted molar refractivity (Wildman–Crippen MR) is 141 cm³/mol. The number of nitrogen functional groups attached to an aromatic ring is 1. The lowest BCUT2D eigenvalue weighted by Crippen LogP contribution is -2.35. The molecule has 0 spiro atoms. The maximum absolute atomic E-state index is 12.9. The van der Waals surface area contributed by atoms with E-state index in [-0.39, 0.29) is 11.8 Å². The lowest BCUT2D eigenvalue weighted by molar-refractivity contribution is -0.112. The summed E-state index contributed by atoms with van der Waals surface area (Å²) in [5.41, 5.74) is 12.4. The van der Waals surface area contributed by atoms with Gasteiger partial charge in [-0.3, -0.25) is 9.59 Å². The monoisotopic (exact) mass is 480 g/mol. The number of fused-ring (bicyclic) bond motifs is 1. The molecule has 8 nitrogen and oxygen atoms in total.